The number of aromatic nitrogens is 2. The van der Waals surface area contributed by atoms with Gasteiger partial charge in [0.05, 0.1) is 11.9 Å². The Hall–Kier alpha value is -1.03. The molecule has 0 aliphatic heterocycles. The molecule has 17 heavy (non-hydrogen) atoms. The van der Waals surface area contributed by atoms with E-state index in [4.69, 9.17) is 11.6 Å². The molecule has 1 rings (SSSR count). The lowest BCUT2D eigenvalue weighted by Gasteiger charge is -2.15. The SMILES string of the molecule is CCCC(C)Nc1cnn(CCC)c(=O)c1Cl. The first-order chi connectivity index (χ1) is 8.10. The topological polar surface area (TPSA) is 46.9 Å². The van der Waals surface area contributed by atoms with E-state index < -0.39 is 0 Å². The predicted molar refractivity (Wildman–Crippen MR) is 71.8 cm³/mol. The molecule has 0 aliphatic carbocycles. The van der Waals surface area contributed by atoms with Gasteiger partial charge in [0.15, 0.2) is 0 Å². The normalized spacial score (nSPS) is 12.5. The van der Waals surface area contributed by atoms with Crippen molar-refractivity contribution in [1.29, 1.82) is 0 Å². The van der Waals surface area contributed by atoms with Crippen LogP contribution >= 0.6 is 11.6 Å². The average molecular weight is 258 g/mol. The maximum Gasteiger partial charge on any atom is 0.287 e. The molecule has 1 N–H and O–H groups in total. The minimum absolute atomic E-state index is 0.220. The van der Waals surface area contributed by atoms with Gasteiger partial charge in [0.1, 0.15) is 5.02 Å². The third-order valence-corrected chi connectivity index (χ3v) is 2.91. The highest BCUT2D eigenvalue weighted by Crippen LogP contribution is 2.17. The second kappa shape index (κ2) is 6.64. The van der Waals surface area contributed by atoms with E-state index in [1.807, 2.05) is 6.92 Å². The fourth-order valence-electron chi connectivity index (χ4n) is 1.71. The van der Waals surface area contributed by atoms with E-state index >= 15 is 0 Å². The molecule has 4 nitrogen and oxygen atoms in total. The van der Waals surface area contributed by atoms with Crippen LogP contribution < -0.4 is 10.9 Å². The molecule has 0 aliphatic rings. The molecule has 0 bridgehead atoms. The third-order valence-electron chi connectivity index (χ3n) is 2.54. The van der Waals surface area contributed by atoms with Crippen molar-refractivity contribution in [2.45, 2.75) is 52.6 Å². The van der Waals surface area contributed by atoms with Crippen LogP contribution in [0.2, 0.25) is 5.02 Å². The van der Waals surface area contributed by atoms with Crippen LogP contribution in [0.5, 0.6) is 0 Å². The summed E-state index contributed by atoms with van der Waals surface area (Å²) < 4.78 is 1.40. The zero-order valence-electron chi connectivity index (χ0n) is 10.7. The maximum atomic E-state index is 11.8. The van der Waals surface area contributed by atoms with Crippen molar-refractivity contribution >= 4 is 17.3 Å². The Morgan fingerprint density at radius 1 is 1.47 bits per heavy atom. The van der Waals surface area contributed by atoms with Crippen LogP contribution in [0.3, 0.4) is 0 Å². The molecular formula is C12H20ClN3O. The van der Waals surface area contributed by atoms with E-state index in [2.05, 4.69) is 24.3 Å². The number of hydrogen-bond acceptors (Lipinski definition) is 3. The highest BCUT2D eigenvalue weighted by atomic mass is 35.5. The number of rotatable bonds is 6. The first-order valence-electron chi connectivity index (χ1n) is 6.12. The van der Waals surface area contributed by atoms with Crippen molar-refractivity contribution in [3.05, 3.63) is 21.6 Å². The molecule has 1 heterocycles. The van der Waals surface area contributed by atoms with Gasteiger partial charge in [-0.15, -0.1) is 0 Å². The van der Waals surface area contributed by atoms with Crippen molar-refractivity contribution in [1.82, 2.24) is 9.78 Å². The van der Waals surface area contributed by atoms with Gasteiger partial charge in [-0.1, -0.05) is 31.9 Å². The van der Waals surface area contributed by atoms with Crippen LogP contribution in [-0.4, -0.2) is 15.8 Å². The van der Waals surface area contributed by atoms with Gasteiger partial charge in [-0.2, -0.15) is 5.10 Å². The van der Waals surface area contributed by atoms with Crippen LogP contribution in [0.25, 0.3) is 0 Å². The molecule has 0 saturated heterocycles. The Balaban J connectivity index is 2.89. The van der Waals surface area contributed by atoms with E-state index in [1.165, 1.54) is 4.68 Å². The lowest BCUT2D eigenvalue weighted by Crippen LogP contribution is -2.25. The van der Waals surface area contributed by atoms with Crippen LogP contribution in [0.15, 0.2) is 11.0 Å². The van der Waals surface area contributed by atoms with Crippen molar-refractivity contribution in [3.8, 4) is 0 Å². The van der Waals surface area contributed by atoms with Crippen molar-refractivity contribution in [2.75, 3.05) is 5.32 Å². The summed E-state index contributed by atoms with van der Waals surface area (Å²) in [4.78, 5) is 11.8. The average Bonchev–Trinajstić information content (AvgIpc) is 2.29. The molecule has 96 valence electrons. The lowest BCUT2D eigenvalue weighted by molar-refractivity contribution is 0.567. The molecule has 0 spiro atoms. The van der Waals surface area contributed by atoms with Gasteiger partial charge in [-0.05, 0) is 19.8 Å². The summed E-state index contributed by atoms with van der Waals surface area (Å²) in [6.07, 6.45) is 4.62. The van der Waals surface area contributed by atoms with E-state index in [1.54, 1.807) is 6.20 Å². The largest absolute Gasteiger partial charge is 0.380 e. The fraction of sp³-hybridized carbons (Fsp3) is 0.667. The molecule has 0 radical (unpaired) electrons. The molecule has 0 aromatic carbocycles. The Labute approximate surface area is 107 Å². The second-order valence-electron chi connectivity index (χ2n) is 4.23. The molecule has 5 heteroatoms. The van der Waals surface area contributed by atoms with E-state index in [0.29, 0.717) is 18.3 Å². The molecule has 1 atom stereocenters. The summed E-state index contributed by atoms with van der Waals surface area (Å²) >= 11 is 6.04. The minimum atomic E-state index is -0.220. The zero-order valence-corrected chi connectivity index (χ0v) is 11.4. The Kier molecular flexibility index (Phi) is 5.48. The zero-order chi connectivity index (χ0) is 12.8. The summed E-state index contributed by atoms with van der Waals surface area (Å²) in [6, 6.07) is 0.292. The minimum Gasteiger partial charge on any atom is -0.380 e. The summed E-state index contributed by atoms with van der Waals surface area (Å²) in [5, 5.41) is 7.55. The summed E-state index contributed by atoms with van der Waals surface area (Å²) in [6.45, 7) is 6.79. The van der Waals surface area contributed by atoms with Gasteiger partial charge in [-0.3, -0.25) is 4.79 Å². The summed E-state index contributed by atoms with van der Waals surface area (Å²) in [5.41, 5.74) is 0.409. The number of anilines is 1. The van der Waals surface area contributed by atoms with Gasteiger partial charge in [0.2, 0.25) is 0 Å². The van der Waals surface area contributed by atoms with Crippen molar-refractivity contribution < 1.29 is 0 Å². The highest BCUT2D eigenvalue weighted by molar-refractivity contribution is 6.32. The van der Waals surface area contributed by atoms with Crippen molar-refractivity contribution in [3.63, 3.8) is 0 Å². The molecule has 0 fully saturated rings. The van der Waals surface area contributed by atoms with Crippen LogP contribution in [0.1, 0.15) is 40.0 Å². The quantitative estimate of drug-likeness (QED) is 0.852. The standard InChI is InChI=1S/C12H20ClN3O/c1-4-6-9(3)15-10-8-14-16(7-5-2)12(17)11(10)13/h8-9,15H,4-7H2,1-3H3. The van der Waals surface area contributed by atoms with Gasteiger partial charge in [0, 0.05) is 12.6 Å². The summed E-state index contributed by atoms with van der Waals surface area (Å²) in [7, 11) is 0. The number of halogens is 1. The number of aryl methyl sites for hydroxylation is 1. The van der Waals surface area contributed by atoms with Crippen LogP contribution in [0.4, 0.5) is 5.69 Å². The second-order valence-corrected chi connectivity index (χ2v) is 4.61. The van der Waals surface area contributed by atoms with Gasteiger partial charge >= 0.3 is 0 Å². The van der Waals surface area contributed by atoms with Gasteiger partial charge in [0.25, 0.3) is 5.56 Å². The van der Waals surface area contributed by atoms with E-state index in [0.717, 1.165) is 19.3 Å². The molecule has 0 amide bonds. The molecule has 0 saturated carbocycles. The van der Waals surface area contributed by atoms with Gasteiger partial charge < -0.3 is 5.32 Å². The molecule has 1 aromatic rings. The smallest absolute Gasteiger partial charge is 0.287 e. The fourth-order valence-corrected chi connectivity index (χ4v) is 1.91. The number of hydrogen-bond donors (Lipinski definition) is 1. The van der Waals surface area contributed by atoms with Crippen LogP contribution in [-0.2, 0) is 6.54 Å². The third kappa shape index (κ3) is 3.73. The number of nitrogens with zero attached hydrogens (tertiary/aromatic N) is 2. The Bertz CT molecular complexity index is 417. The molecule has 1 unspecified atom stereocenters. The predicted octanol–water partition coefficient (Wildman–Crippen LogP) is 2.91. The molecule has 1 aromatic heterocycles. The maximum absolute atomic E-state index is 11.8. The summed E-state index contributed by atoms with van der Waals surface area (Å²) in [5.74, 6) is 0. The Morgan fingerprint density at radius 3 is 2.76 bits per heavy atom. The van der Waals surface area contributed by atoms with Crippen LogP contribution in [0, 0.1) is 0 Å². The number of nitrogens with one attached hydrogen (secondary N) is 1. The van der Waals surface area contributed by atoms with E-state index in [9.17, 15) is 4.79 Å². The molecular weight excluding hydrogens is 238 g/mol. The monoisotopic (exact) mass is 257 g/mol. The first-order valence-corrected chi connectivity index (χ1v) is 6.50. The van der Waals surface area contributed by atoms with Gasteiger partial charge in [-0.25, -0.2) is 4.68 Å². The van der Waals surface area contributed by atoms with Crippen molar-refractivity contribution in [2.24, 2.45) is 0 Å². The first kappa shape index (κ1) is 14.0. The lowest BCUT2D eigenvalue weighted by atomic mass is 10.2. The Morgan fingerprint density at radius 2 is 2.18 bits per heavy atom. The van der Waals surface area contributed by atoms with E-state index in [-0.39, 0.29) is 10.6 Å². The highest BCUT2D eigenvalue weighted by Gasteiger charge is 2.10.